The van der Waals surface area contributed by atoms with E-state index in [4.69, 9.17) is 16.3 Å². The molecule has 0 aromatic carbocycles. The number of ether oxygens (including phenoxy) is 1. The van der Waals surface area contributed by atoms with Gasteiger partial charge in [0.25, 0.3) is 0 Å². The van der Waals surface area contributed by atoms with E-state index in [1.807, 2.05) is 20.8 Å². The van der Waals surface area contributed by atoms with Crippen LogP contribution in [0.15, 0.2) is 12.1 Å². The zero-order chi connectivity index (χ0) is 12.1. The van der Waals surface area contributed by atoms with Crippen molar-refractivity contribution in [3.63, 3.8) is 0 Å². The van der Waals surface area contributed by atoms with Crippen LogP contribution >= 0.6 is 11.6 Å². The summed E-state index contributed by atoms with van der Waals surface area (Å²) < 4.78 is 5.12. The van der Waals surface area contributed by atoms with E-state index in [0.29, 0.717) is 23.2 Å². The van der Waals surface area contributed by atoms with Gasteiger partial charge in [0.15, 0.2) is 0 Å². The van der Waals surface area contributed by atoms with Crippen molar-refractivity contribution in [1.82, 2.24) is 4.98 Å². The van der Waals surface area contributed by atoms with E-state index >= 15 is 0 Å². The Labute approximate surface area is 101 Å². The predicted octanol–water partition coefficient (Wildman–Crippen LogP) is 3.11. The van der Waals surface area contributed by atoms with Gasteiger partial charge >= 0.3 is 5.97 Å². The van der Waals surface area contributed by atoms with Crippen molar-refractivity contribution < 1.29 is 9.53 Å². The number of aromatic nitrogens is 1. The number of halogens is 1. The minimum atomic E-state index is -0.340. The molecule has 1 aromatic rings. The molecule has 88 valence electrons. The first-order chi connectivity index (χ1) is 7.52. The van der Waals surface area contributed by atoms with E-state index in [1.165, 1.54) is 6.07 Å². The fourth-order valence-corrected chi connectivity index (χ4v) is 1.40. The first-order valence-corrected chi connectivity index (χ1v) is 5.74. The van der Waals surface area contributed by atoms with E-state index < -0.39 is 0 Å². The van der Waals surface area contributed by atoms with E-state index in [2.05, 4.69) is 4.98 Å². The van der Waals surface area contributed by atoms with Crippen molar-refractivity contribution in [3.05, 3.63) is 28.5 Å². The number of esters is 1. The Balaban J connectivity index is 2.78. The molecule has 0 N–H and O–H groups in total. The standard InChI is InChI=1S/C12H16ClNO2/c1-4-10-5-9(6-11(13)14-10)12(15)16-7-8(2)3/h5-6,8H,4,7H2,1-3H3. The Bertz CT molecular complexity index is 377. The van der Waals surface area contributed by atoms with Gasteiger partial charge in [-0.15, -0.1) is 0 Å². The van der Waals surface area contributed by atoms with Crippen LogP contribution in [0.25, 0.3) is 0 Å². The molecule has 0 aliphatic heterocycles. The number of hydrogen-bond donors (Lipinski definition) is 0. The highest BCUT2D eigenvalue weighted by molar-refractivity contribution is 6.29. The van der Waals surface area contributed by atoms with E-state index in [-0.39, 0.29) is 5.97 Å². The van der Waals surface area contributed by atoms with Crippen molar-refractivity contribution in [2.75, 3.05) is 6.61 Å². The maximum absolute atomic E-state index is 11.7. The fourth-order valence-electron chi connectivity index (χ4n) is 1.18. The second-order valence-corrected chi connectivity index (χ2v) is 4.40. The molecule has 0 bridgehead atoms. The lowest BCUT2D eigenvalue weighted by Gasteiger charge is -2.08. The normalized spacial score (nSPS) is 10.6. The van der Waals surface area contributed by atoms with Gasteiger partial charge in [-0.25, -0.2) is 9.78 Å². The van der Waals surface area contributed by atoms with E-state index in [1.54, 1.807) is 6.07 Å². The Morgan fingerprint density at radius 3 is 2.75 bits per heavy atom. The largest absolute Gasteiger partial charge is 0.462 e. The lowest BCUT2D eigenvalue weighted by molar-refractivity contribution is 0.0458. The molecule has 16 heavy (non-hydrogen) atoms. The monoisotopic (exact) mass is 241 g/mol. The first kappa shape index (κ1) is 13.0. The van der Waals surface area contributed by atoms with Gasteiger partial charge in [0.1, 0.15) is 5.15 Å². The quantitative estimate of drug-likeness (QED) is 0.601. The number of carbonyl (C=O) groups is 1. The summed E-state index contributed by atoms with van der Waals surface area (Å²) >= 11 is 5.82. The molecular weight excluding hydrogens is 226 g/mol. The van der Waals surface area contributed by atoms with Gasteiger partial charge in [0, 0.05) is 5.69 Å². The topological polar surface area (TPSA) is 39.2 Å². The SMILES string of the molecule is CCc1cc(C(=O)OCC(C)C)cc(Cl)n1. The molecule has 0 spiro atoms. The summed E-state index contributed by atoms with van der Waals surface area (Å²) in [5, 5.41) is 0.329. The van der Waals surface area contributed by atoms with Crippen molar-refractivity contribution in [2.45, 2.75) is 27.2 Å². The average molecular weight is 242 g/mol. The highest BCUT2D eigenvalue weighted by Crippen LogP contribution is 2.13. The molecule has 1 rings (SSSR count). The molecule has 0 saturated heterocycles. The summed E-state index contributed by atoms with van der Waals surface area (Å²) in [6, 6.07) is 3.25. The molecule has 0 aliphatic rings. The van der Waals surface area contributed by atoms with Crippen LogP contribution in [-0.2, 0) is 11.2 Å². The minimum Gasteiger partial charge on any atom is -0.462 e. The first-order valence-electron chi connectivity index (χ1n) is 5.36. The minimum absolute atomic E-state index is 0.326. The maximum Gasteiger partial charge on any atom is 0.338 e. The number of carbonyl (C=O) groups excluding carboxylic acids is 1. The molecule has 1 aromatic heterocycles. The molecule has 0 amide bonds. The lowest BCUT2D eigenvalue weighted by Crippen LogP contribution is -2.11. The van der Waals surface area contributed by atoms with Crippen LogP contribution in [0.4, 0.5) is 0 Å². The van der Waals surface area contributed by atoms with Gasteiger partial charge in [-0.1, -0.05) is 32.4 Å². The van der Waals surface area contributed by atoms with Crippen LogP contribution in [0.3, 0.4) is 0 Å². The number of aryl methyl sites for hydroxylation is 1. The molecule has 0 saturated carbocycles. The zero-order valence-corrected chi connectivity index (χ0v) is 10.5. The molecule has 0 unspecified atom stereocenters. The second-order valence-electron chi connectivity index (χ2n) is 4.02. The third-order valence-electron chi connectivity index (χ3n) is 1.99. The van der Waals surface area contributed by atoms with Gasteiger partial charge in [-0.05, 0) is 24.5 Å². The summed E-state index contributed by atoms with van der Waals surface area (Å²) in [5.74, 6) is -0.0143. The average Bonchev–Trinajstić information content (AvgIpc) is 2.24. The molecule has 3 nitrogen and oxygen atoms in total. The van der Waals surface area contributed by atoms with Gasteiger partial charge in [-0.2, -0.15) is 0 Å². The van der Waals surface area contributed by atoms with Crippen LogP contribution in [0.1, 0.15) is 36.8 Å². The summed E-state index contributed by atoms with van der Waals surface area (Å²) in [7, 11) is 0. The second kappa shape index (κ2) is 5.85. The molecule has 0 radical (unpaired) electrons. The third kappa shape index (κ3) is 3.81. The van der Waals surface area contributed by atoms with Gasteiger partial charge in [0.2, 0.25) is 0 Å². The number of hydrogen-bond acceptors (Lipinski definition) is 3. The van der Waals surface area contributed by atoms with Crippen LogP contribution < -0.4 is 0 Å². The van der Waals surface area contributed by atoms with Crippen LogP contribution in [0, 0.1) is 5.92 Å². The van der Waals surface area contributed by atoms with Gasteiger partial charge in [-0.3, -0.25) is 0 Å². The van der Waals surface area contributed by atoms with Crippen molar-refractivity contribution in [2.24, 2.45) is 5.92 Å². The van der Waals surface area contributed by atoms with Crippen molar-refractivity contribution in [3.8, 4) is 0 Å². The summed E-state index contributed by atoms with van der Waals surface area (Å²) in [6.45, 7) is 6.36. The van der Waals surface area contributed by atoms with Gasteiger partial charge in [0.05, 0.1) is 12.2 Å². The van der Waals surface area contributed by atoms with Crippen LogP contribution in [0.2, 0.25) is 5.15 Å². The third-order valence-corrected chi connectivity index (χ3v) is 2.19. The maximum atomic E-state index is 11.7. The molecule has 0 atom stereocenters. The van der Waals surface area contributed by atoms with Crippen molar-refractivity contribution >= 4 is 17.6 Å². The summed E-state index contributed by atoms with van der Waals surface area (Å²) in [6.07, 6.45) is 0.741. The summed E-state index contributed by atoms with van der Waals surface area (Å²) in [5.41, 5.74) is 1.27. The van der Waals surface area contributed by atoms with Gasteiger partial charge < -0.3 is 4.74 Å². The smallest absolute Gasteiger partial charge is 0.338 e. The number of rotatable bonds is 4. The number of nitrogens with zero attached hydrogens (tertiary/aromatic N) is 1. The molecule has 0 aliphatic carbocycles. The predicted molar refractivity (Wildman–Crippen MR) is 63.7 cm³/mol. The molecule has 4 heteroatoms. The Morgan fingerprint density at radius 1 is 1.50 bits per heavy atom. The Kier molecular flexibility index (Phi) is 4.74. The zero-order valence-electron chi connectivity index (χ0n) is 9.79. The summed E-state index contributed by atoms with van der Waals surface area (Å²) in [4.78, 5) is 15.7. The van der Waals surface area contributed by atoms with E-state index in [0.717, 1.165) is 12.1 Å². The molecule has 0 fully saturated rings. The Morgan fingerprint density at radius 2 is 2.19 bits per heavy atom. The van der Waals surface area contributed by atoms with E-state index in [9.17, 15) is 4.79 Å². The lowest BCUT2D eigenvalue weighted by atomic mass is 10.2. The molecule has 1 heterocycles. The van der Waals surface area contributed by atoms with Crippen molar-refractivity contribution in [1.29, 1.82) is 0 Å². The fraction of sp³-hybridized carbons (Fsp3) is 0.500. The number of pyridine rings is 1. The highest BCUT2D eigenvalue weighted by atomic mass is 35.5. The highest BCUT2D eigenvalue weighted by Gasteiger charge is 2.10. The van der Waals surface area contributed by atoms with Crippen LogP contribution in [0.5, 0.6) is 0 Å². The van der Waals surface area contributed by atoms with Crippen LogP contribution in [-0.4, -0.2) is 17.6 Å². The Hall–Kier alpha value is -1.09. The molecular formula is C12H16ClNO2.